The van der Waals surface area contributed by atoms with Crippen molar-refractivity contribution in [2.75, 3.05) is 26.8 Å². The van der Waals surface area contributed by atoms with Crippen LogP contribution in [0, 0.1) is 0 Å². The van der Waals surface area contributed by atoms with Gasteiger partial charge in [-0.1, -0.05) is 23.7 Å². The van der Waals surface area contributed by atoms with Gasteiger partial charge in [0.05, 0.1) is 17.2 Å². The van der Waals surface area contributed by atoms with Gasteiger partial charge in [0.2, 0.25) is 5.91 Å². The van der Waals surface area contributed by atoms with Gasteiger partial charge in [-0.05, 0) is 12.1 Å². The van der Waals surface area contributed by atoms with Gasteiger partial charge in [0.1, 0.15) is 6.04 Å². The summed E-state index contributed by atoms with van der Waals surface area (Å²) in [5, 5.41) is 5.64. The molecule has 0 aliphatic rings. The maximum absolute atomic E-state index is 11.8. The Kier molecular flexibility index (Phi) is 7.00. The van der Waals surface area contributed by atoms with Crippen LogP contribution in [0.15, 0.2) is 24.3 Å². The zero-order valence-electron chi connectivity index (χ0n) is 11.2. The number of carbonyl (C=O) groups is 2. The molecule has 0 aliphatic carbocycles. The minimum Gasteiger partial charge on any atom is -0.383 e. The van der Waals surface area contributed by atoms with E-state index in [0.717, 1.165) is 0 Å². The summed E-state index contributed by atoms with van der Waals surface area (Å²) in [4.78, 5) is 23.2. The molecule has 1 rings (SSSR count). The van der Waals surface area contributed by atoms with Gasteiger partial charge in [0.15, 0.2) is 0 Å². The largest absolute Gasteiger partial charge is 0.383 e. The number of hydrogen-bond acceptors (Lipinski definition) is 4. The molecular weight excluding hydrogens is 282 g/mol. The SMILES string of the molecule is COCC(N)C(=O)NCCNC(=O)c1ccccc1Cl. The molecule has 20 heavy (non-hydrogen) atoms. The smallest absolute Gasteiger partial charge is 0.252 e. The third kappa shape index (κ3) is 5.16. The van der Waals surface area contributed by atoms with Crippen molar-refractivity contribution in [3.63, 3.8) is 0 Å². The summed E-state index contributed by atoms with van der Waals surface area (Å²) >= 11 is 5.90. The van der Waals surface area contributed by atoms with Crippen LogP contribution in [0.4, 0.5) is 0 Å². The second kappa shape index (κ2) is 8.52. The molecule has 4 N–H and O–H groups in total. The first kappa shape index (κ1) is 16.4. The first-order valence-corrected chi connectivity index (χ1v) is 6.49. The van der Waals surface area contributed by atoms with E-state index in [9.17, 15) is 9.59 Å². The van der Waals surface area contributed by atoms with Crippen LogP contribution in [0.1, 0.15) is 10.4 Å². The first-order valence-electron chi connectivity index (χ1n) is 6.11. The molecule has 1 aromatic carbocycles. The first-order chi connectivity index (χ1) is 9.56. The molecule has 0 radical (unpaired) electrons. The molecule has 110 valence electrons. The molecule has 0 bridgehead atoms. The van der Waals surface area contributed by atoms with Crippen LogP contribution >= 0.6 is 11.6 Å². The fourth-order valence-corrected chi connectivity index (χ4v) is 1.71. The summed E-state index contributed by atoms with van der Waals surface area (Å²) in [5.41, 5.74) is 5.94. The lowest BCUT2D eigenvalue weighted by atomic mass is 10.2. The molecule has 7 heteroatoms. The van der Waals surface area contributed by atoms with Crippen LogP contribution in [0.5, 0.6) is 0 Å². The zero-order chi connectivity index (χ0) is 15.0. The Morgan fingerprint density at radius 2 is 1.95 bits per heavy atom. The topological polar surface area (TPSA) is 93.4 Å². The predicted molar refractivity (Wildman–Crippen MR) is 76.6 cm³/mol. The summed E-state index contributed by atoms with van der Waals surface area (Å²) < 4.78 is 4.77. The lowest BCUT2D eigenvalue weighted by molar-refractivity contribution is -0.123. The Labute approximate surface area is 122 Å². The van der Waals surface area contributed by atoms with Crippen molar-refractivity contribution in [1.82, 2.24) is 10.6 Å². The molecule has 2 amide bonds. The second-order valence-corrected chi connectivity index (χ2v) is 4.50. The van der Waals surface area contributed by atoms with Gasteiger partial charge < -0.3 is 21.1 Å². The van der Waals surface area contributed by atoms with Crippen LogP contribution in [0.2, 0.25) is 5.02 Å². The molecule has 0 saturated carbocycles. The number of benzene rings is 1. The van der Waals surface area contributed by atoms with Crippen LogP contribution in [-0.2, 0) is 9.53 Å². The van der Waals surface area contributed by atoms with Crippen LogP contribution in [-0.4, -0.2) is 44.7 Å². The average molecular weight is 300 g/mol. The molecule has 0 fully saturated rings. The molecule has 0 saturated heterocycles. The van der Waals surface area contributed by atoms with Gasteiger partial charge in [0.25, 0.3) is 5.91 Å². The molecule has 0 heterocycles. The highest BCUT2D eigenvalue weighted by Gasteiger charge is 2.12. The number of ether oxygens (including phenoxy) is 1. The quantitative estimate of drug-likeness (QED) is 0.625. The van der Waals surface area contributed by atoms with Crippen LogP contribution < -0.4 is 16.4 Å². The highest BCUT2D eigenvalue weighted by Crippen LogP contribution is 2.14. The second-order valence-electron chi connectivity index (χ2n) is 4.09. The van der Waals surface area contributed by atoms with Crippen molar-refractivity contribution in [2.24, 2.45) is 5.73 Å². The Bertz CT molecular complexity index is 468. The van der Waals surface area contributed by atoms with Crippen molar-refractivity contribution in [3.05, 3.63) is 34.9 Å². The summed E-state index contributed by atoms with van der Waals surface area (Å²) in [7, 11) is 1.47. The van der Waals surface area contributed by atoms with Crippen molar-refractivity contribution in [1.29, 1.82) is 0 Å². The summed E-state index contributed by atoms with van der Waals surface area (Å²) in [6.07, 6.45) is 0. The van der Waals surface area contributed by atoms with E-state index >= 15 is 0 Å². The van der Waals surface area contributed by atoms with Gasteiger partial charge in [-0.3, -0.25) is 9.59 Å². The Hall–Kier alpha value is -1.63. The number of methoxy groups -OCH3 is 1. The monoisotopic (exact) mass is 299 g/mol. The molecule has 1 unspecified atom stereocenters. The maximum atomic E-state index is 11.8. The van der Waals surface area contributed by atoms with Crippen molar-refractivity contribution >= 4 is 23.4 Å². The maximum Gasteiger partial charge on any atom is 0.252 e. The van der Waals surface area contributed by atoms with E-state index in [-0.39, 0.29) is 31.5 Å². The minimum atomic E-state index is -0.709. The normalized spacial score (nSPS) is 11.8. The third-order valence-corrected chi connectivity index (χ3v) is 2.84. The lowest BCUT2D eigenvalue weighted by Crippen LogP contribution is -2.45. The average Bonchev–Trinajstić information content (AvgIpc) is 2.43. The van der Waals surface area contributed by atoms with Gasteiger partial charge >= 0.3 is 0 Å². The summed E-state index contributed by atoms with van der Waals surface area (Å²) in [5.74, 6) is -0.607. The number of nitrogens with one attached hydrogen (secondary N) is 2. The van der Waals surface area contributed by atoms with E-state index in [0.29, 0.717) is 10.6 Å². The number of halogens is 1. The van der Waals surface area contributed by atoms with E-state index in [2.05, 4.69) is 10.6 Å². The van der Waals surface area contributed by atoms with Gasteiger partial charge in [-0.15, -0.1) is 0 Å². The number of rotatable bonds is 7. The fraction of sp³-hybridized carbons (Fsp3) is 0.385. The molecule has 0 aliphatic heterocycles. The summed E-state index contributed by atoms with van der Waals surface area (Å²) in [6.45, 7) is 0.722. The molecule has 1 atom stereocenters. The Balaban J connectivity index is 2.30. The molecule has 1 aromatic rings. The lowest BCUT2D eigenvalue weighted by Gasteiger charge is -2.11. The Morgan fingerprint density at radius 3 is 2.60 bits per heavy atom. The van der Waals surface area contributed by atoms with Crippen molar-refractivity contribution < 1.29 is 14.3 Å². The van der Waals surface area contributed by atoms with Crippen molar-refractivity contribution in [2.45, 2.75) is 6.04 Å². The van der Waals surface area contributed by atoms with E-state index in [1.165, 1.54) is 7.11 Å². The van der Waals surface area contributed by atoms with Crippen LogP contribution in [0.3, 0.4) is 0 Å². The van der Waals surface area contributed by atoms with E-state index < -0.39 is 6.04 Å². The molecular formula is C13H18ClN3O3. The number of carbonyl (C=O) groups excluding carboxylic acids is 2. The Morgan fingerprint density at radius 1 is 1.30 bits per heavy atom. The number of nitrogens with two attached hydrogens (primary N) is 1. The third-order valence-electron chi connectivity index (χ3n) is 2.51. The number of amides is 2. The molecule has 6 nitrogen and oxygen atoms in total. The van der Waals surface area contributed by atoms with Gasteiger partial charge in [0, 0.05) is 20.2 Å². The van der Waals surface area contributed by atoms with Crippen LogP contribution in [0.25, 0.3) is 0 Å². The zero-order valence-corrected chi connectivity index (χ0v) is 11.9. The number of hydrogen-bond donors (Lipinski definition) is 3. The minimum absolute atomic E-state index is 0.151. The van der Waals surface area contributed by atoms with Gasteiger partial charge in [-0.2, -0.15) is 0 Å². The molecule has 0 aromatic heterocycles. The highest BCUT2D eigenvalue weighted by atomic mass is 35.5. The fourth-order valence-electron chi connectivity index (χ4n) is 1.49. The standard InChI is InChI=1S/C13H18ClN3O3/c1-20-8-11(15)13(19)17-7-6-16-12(18)9-4-2-3-5-10(9)14/h2-5,11H,6-8,15H2,1H3,(H,16,18)(H,17,19). The molecule has 0 spiro atoms. The van der Waals surface area contributed by atoms with E-state index in [4.69, 9.17) is 22.1 Å². The van der Waals surface area contributed by atoms with E-state index in [1.807, 2.05) is 0 Å². The van der Waals surface area contributed by atoms with Crippen molar-refractivity contribution in [3.8, 4) is 0 Å². The summed E-state index contributed by atoms with van der Waals surface area (Å²) in [6, 6.07) is 6.04. The highest BCUT2D eigenvalue weighted by molar-refractivity contribution is 6.33. The van der Waals surface area contributed by atoms with E-state index in [1.54, 1.807) is 24.3 Å². The predicted octanol–water partition coefficient (Wildman–Crippen LogP) is 0.160. The van der Waals surface area contributed by atoms with Gasteiger partial charge in [-0.25, -0.2) is 0 Å².